The number of rotatable bonds is 0. The van der Waals surface area contributed by atoms with Crippen LogP contribution in [-0.2, 0) is 0 Å². The molecule has 76 valence electrons. The van der Waals surface area contributed by atoms with E-state index in [1.165, 1.54) is 13.1 Å². The summed E-state index contributed by atoms with van der Waals surface area (Å²) in [5.41, 5.74) is -1.59. The quantitative estimate of drug-likeness (QED) is 0.599. The van der Waals surface area contributed by atoms with E-state index >= 15 is 0 Å². The van der Waals surface area contributed by atoms with Crippen molar-refractivity contribution in [2.24, 2.45) is 5.41 Å². The Morgan fingerprint density at radius 2 is 1.79 bits per heavy atom. The largest absolute Gasteiger partial charge is 0.389 e. The van der Waals surface area contributed by atoms with E-state index in [0.29, 0.717) is 0 Å². The average Bonchev–Trinajstić information content (AvgIpc) is 2.55. The summed E-state index contributed by atoms with van der Waals surface area (Å²) in [4.78, 5) is 0. The Kier molecular flexibility index (Phi) is 1.74. The van der Waals surface area contributed by atoms with Crippen molar-refractivity contribution < 1.29 is 17.6 Å². The van der Waals surface area contributed by atoms with Gasteiger partial charge in [0.05, 0.1) is 5.41 Å². The SMILES string of the molecule is CC12CNC=C1C(F)=C(F)C(F)=C2F. The molecule has 1 unspecified atom stereocenters. The van der Waals surface area contributed by atoms with Gasteiger partial charge in [0.1, 0.15) is 0 Å². The first-order valence-electron chi connectivity index (χ1n) is 4.04. The maximum Gasteiger partial charge on any atom is 0.197 e. The molecular formula is C9H7F4N. The Balaban J connectivity index is 2.67. The number of fused-ring (bicyclic) bond motifs is 1. The van der Waals surface area contributed by atoms with Crippen LogP contribution in [0.1, 0.15) is 6.92 Å². The molecule has 0 fully saturated rings. The van der Waals surface area contributed by atoms with E-state index in [9.17, 15) is 17.6 Å². The Morgan fingerprint density at radius 1 is 1.14 bits per heavy atom. The van der Waals surface area contributed by atoms with Gasteiger partial charge in [0.15, 0.2) is 23.3 Å². The number of hydrogen-bond acceptors (Lipinski definition) is 1. The second-order valence-corrected chi connectivity index (χ2v) is 3.53. The van der Waals surface area contributed by atoms with Crippen molar-refractivity contribution in [3.63, 3.8) is 0 Å². The third-order valence-corrected chi connectivity index (χ3v) is 2.60. The Morgan fingerprint density at radius 3 is 2.43 bits per heavy atom. The van der Waals surface area contributed by atoms with E-state index in [0.717, 1.165) is 0 Å². The van der Waals surface area contributed by atoms with Crippen molar-refractivity contribution in [2.75, 3.05) is 6.54 Å². The van der Waals surface area contributed by atoms with Gasteiger partial charge in [-0.25, -0.2) is 17.6 Å². The van der Waals surface area contributed by atoms with Crippen molar-refractivity contribution >= 4 is 0 Å². The van der Waals surface area contributed by atoms with Gasteiger partial charge >= 0.3 is 0 Å². The monoisotopic (exact) mass is 205 g/mol. The first-order valence-corrected chi connectivity index (χ1v) is 4.04. The van der Waals surface area contributed by atoms with Crippen molar-refractivity contribution in [3.8, 4) is 0 Å². The molecule has 0 saturated carbocycles. The van der Waals surface area contributed by atoms with Crippen LogP contribution in [0.5, 0.6) is 0 Å². The van der Waals surface area contributed by atoms with Crippen LogP contribution in [0.15, 0.2) is 35.1 Å². The molecule has 1 nitrogen and oxygen atoms in total. The van der Waals surface area contributed by atoms with Crippen molar-refractivity contribution in [1.29, 1.82) is 0 Å². The summed E-state index contributed by atoms with van der Waals surface area (Å²) in [5.74, 6) is -6.06. The molecule has 0 radical (unpaired) electrons. The van der Waals surface area contributed by atoms with Gasteiger partial charge in [-0.3, -0.25) is 0 Å². The maximum absolute atomic E-state index is 13.3. The fraction of sp³-hybridized carbons (Fsp3) is 0.333. The van der Waals surface area contributed by atoms with Gasteiger partial charge in [-0.15, -0.1) is 0 Å². The van der Waals surface area contributed by atoms with Crippen LogP contribution in [-0.4, -0.2) is 6.54 Å². The molecule has 0 amide bonds. The van der Waals surface area contributed by atoms with Gasteiger partial charge in [-0.2, -0.15) is 0 Å². The Labute approximate surface area is 77.8 Å². The lowest BCUT2D eigenvalue weighted by Gasteiger charge is -2.27. The number of nitrogens with one attached hydrogen (secondary N) is 1. The molecule has 5 heteroatoms. The predicted molar refractivity (Wildman–Crippen MR) is 42.7 cm³/mol. The molecule has 0 spiro atoms. The summed E-state index contributed by atoms with van der Waals surface area (Å²) >= 11 is 0. The standard InChI is InChI=1S/C9H7F4N/c1-9-3-14-2-4(9)5(10)6(11)7(12)8(9)13/h2,14H,3H2,1H3. The van der Waals surface area contributed by atoms with E-state index in [4.69, 9.17) is 0 Å². The summed E-state index contributed by atoms with van der Waals surface area (Å²) in [7, 11) is 0. The van der Waals surface area contributed by atoms with Crippen LogP contribution in [0.25, 0.3) is 0 Å². The first kappa shape index (κ1) is 9.30. The minimum atomic E-state index is -1.75. The van der Waals surface area contributed by atoms with Crippen molar-refractivity contribution in [3.05, 3.63) is 35.1 Å². The predicted octanol–water partition coefficient (Wildman–Crippen LogP) is 2.79. The van der Waals surface area contributed by atoms with E-state index < -0.39 is 28.7 Å². The second kappa shape index (κ2) is 2.62. The van der Waals surface area contributed by atoms with Crippen LogP contribution in [0.2, 0.25) is 0 Å². The highest BCUT2D eigenvalue weighted by Crippen LogP contribution is 2.50. The van der Waals surface area contributed by atoms with Gasteiger partial charge in [0.2, 0.25) is 0 Å². The van der Waals surface area contributed by atoms with Gasteiger partial charge in [-0.05, 0) is 6.92 Å². The molecule has 2 rings (SSSR count). The molecule has 0 aromatic carbocycles. The highest BCUT2D eigenvalue weighted by atomic mass is 19.2. The molecule has 2 aliphatic rings. The van der Waals surface area contributed by atoms with Gasteiger partial charge < -0.3 is 5.32 Å². The molecule has 0 aromatic rings. The van der Waals surface area contributed by atoms with Crippen molar-refractivity contribution in [2.45, 2.75) is 6.92 Å². The normalized spacial score (nSPS) is 31.6. The summed E-state index contributed by atoms with van der Waals surface area (Å²) in [5, 5.41) is 2.56. The van der Waals surface area contributed by atoms with Crippen LogP contribution in [0, 0.1) is 5.41 Å². The van der Waals surface area contributed by atoms with E-state index in [2.05, 4.69) is 5.32 Å². The smallest absolute Gasteiger partial charge is 0.197 e. The zero-order valence-corrected chi connectivity index (χ0v) is 7.30. The molecule has 1 aliphatic heterocycles. The van der Waals surface area contributed by atoms with Gasteiger partial charge in [0.25, 0.3) is 0 Å². The zero-order chi connectivity index (χ0) is 10.5. The van der Waals surface area contributed by atoms with Crippen LogP contribution in [0.3, 0.4) is 0 Å². The molecule has 0 aromatic heterocycles. The fourth-order valence-electron chi connectivity index (χ4n) is 1.67. The van der Waals surface area contributed by atoms with Gasteiger partial charge in [-0.1, -0.05) is 0 Å². The topological polar surface area (TPSA) is 12.0 Å². The third kappa shape index (κ3) is 0.895. The highest BCUT2D eigenvalue weighted by Gasteiger charge is 2.47. The first-order chi connectivity index (χ1) is 6.48. The Bertz CT molecular complexity index is 394. The molecule has 1 N–H and O–H groups in total. The minimum Gasteiger partial charge on any atom is -0.389 e. The molecule has 0 bridgehead atoms. The molecule has 1 atom stereocenters. The second-order valence-electron chi connectivity index (χ2n) is 3.53. The molecule has 1 heterocycles. The molecule has 14 heavy (non-hydrogen) atoms. The lowest BCUT2D eigenvalue weighted by molar-refractivity contribution is 0.327. The molecule has 0 saturated heterocycles. The van der Waals surface area contributed by atoms with Crippen molar-refractivity contribution in [1.82, 2.24) is 5.32 Å². The maximum atomic E-state index is 13.3. The third-order valence-electron chi connectivity index (χ3n) is 2.60. The summed E-state index contributed by atoms with van der Waals surface area (Å²) in [6.07, 6.45) is 1.17. The van der Waals surface area contributed by atoms with E-state index in [1.54, 1.807) is 0 Å². The lowest BCUT2D eigenvalue weighted by atomic mass is 9.79. The van der Waals surface area contributed by atoms with Crippen LogP contribution in [0.4, 0.5) is 17.6 Å². The minimum absolute atomic E-state index is 0.0300. The lowest BCUT2D eigenvalue weighted by Crippen LogP contribution is -2.28. The summed E-state index contributed by atoms with van der Waals surface area (Å²) in [6.45, 7) is 1.35. The van der Waals surface area contributed by atoms with E-state index in [1.807, 2.05) is 0 Å². The zero-order valence-electron chi connectivity index (χ0n) is 7.30. The average molecular weight is 205 g/mol. The van der Waals surface area contributed by atoms with Gasteiger partial charge in [0, 0.05) is 18.3 Å². The summed E-state index contributed by atoms with van der Waals surface area (Å²) in [6, 6.07) is 0. The number of allylic oxidation sites excluding steroid dienone is 3. The highest BCUT2D eigenvalue weighted by molar-refractivity contribution is 5.51. The molecule has 1 aliphatic carbocycles. The van der Waals surface area contributed by atoms with E-state index in [-0.39, 0.29) is 12.1 Å². The van der Waals surface area contributed by atoms with Crippen LogP contribution < -0.4 is 5.32 Å². The van der Waals surface area contributed by atoms with Crippen LogP contribution >= 0.6 is 0 Å². The number of halogens is 4. The summed E-state index contributed by atoms with van der Waals surface area (Å²) < 4.78 is 52.2. The molecular weight excluding hydrogens is 198 g/mol. The Hall–Kier alpha value is -1.26. The number of hydrogen-bond donors (Lipinski definition) is 1. The fourth-order valence-corrected chi connectivity index (χ4v) is 1.67.